The number of carbonyl (C=O) groups excluding carboxylic acids is 2. The Labute approximate surface area is 144 Å². The van der Waals surface area contributed by atoms with E-state index in [0.29, 0.717) is 19.3 Å². The van der Waals surface area contributed by atoms with Gasteiger partial charge < -0.3 is 9.47 Å². The third kappa shape index (κ3) is 2.51. The second kappa shape index (κ2) is 6.23. The topological polar surface area (TPSA) is 52.6 Å². The Balaban J connectivity index is 2.25. The lowest BCUT2D eigenvalue weighted by molar-refractivity contribution is -0.121. The number of carbonyl (C=O) groups is 2. The molecule has 4 heteroatoms. The van der Waals surface area contributed by atoms with E-state index in [4.69, 9.17) is 9.47 Å². The molecule has 0 unspecified atom stereocenters. The normalized spacial score (nSPS) is 33.3. The van der Waals surface area contributed by atoms with Gasteiger partial charge in [0.25, 0.3) is 0 Å². The third-order valence-corrected chi connectivity index (χ3v) is 6.40. The van der Waals surface area contributed by atoms with Crippen LogP contribution in [0.2, 0.25) is 0 Å². The number of fused-ring (bicyclic) bond motifs is 2. The van der Waals surface area contributed by atoms with Crippen molar-refractivity contribution in [3.63, 3.8) is 0 Å². The Morgan fingerprint density at radius 3 is 2.25 bits per heavy atom. The van der Waals surface area contributed by atoms with Gasteiger partial charge in [-0.05, 0) is 59.8 Å². The van der Waals surface area contributed by atoms with Crippen LogP contribution in [-0.4, -0.2) is 38.0 Å². The van der Waals surface area contributed by atoms with Crippen LogP contribution in [0.15, 0.2) is 22.3 Å². The highest BCUT2D eigenvalue weighted by atomic mass is 16.5. The molecule has 0 N–H and O–H groups in total. The van der Waals surface area contributed by atoms with Gasteiger partial charge in [-0.2, -0.15) is 0 Å². The highest BCUT2D eigenvalue weighted by Crippen LogP contribution is 2.52. The summed E-state index contributed by atoms with van der Waals surface area (Å²) in [6.07, 6.45) is 2.96. The minimum atomic E-state index is -0.312. The molecule has 24 heavy (non-hydrogen) atoms. The Morgan fingerprint density at radius 2 is 1.62 bits per heavy atom. The molecule has 0 saturated heterocycles. The van der Waals surface area contributed by atoms with Crippen molar-refractivity contribution in [1.82, 2.24) is 0 Å². The van der Waals surface area contributed by atoms with Crippen molar-refractivity contribution in [2.75, 3.05) is 14.2 Å². The molecule has 0 aromatic rings. The number of ether oxygens (including phenoxy) is 2. The summed E-state index contributed by atoms with van der Waals surface area (Å²) in [6.45, 7) is 6.28. The van der Waals surface area contributed by atoms with E-state index in [1.54, 1.807) is 14.2 Å². The fourth-order valence-electron chi connectivity index (χ4n) is 4.96. The Hall–Kier alpha value is -1.26. The van der Waals surface area contributed by atoms with Gasteiger partial charge in [0.15, 0.2) is 11.6 Å². The van der Waals surface area contributed by atoms with Crippen LogP contribution in [0.4, 0.5) is 0 Å². The highest BCUT2D eigenvalue weighted by Gasteiger charge is 2.49. The summed E-state index contributed by atoms with van der Waals surface area (Å²) in [5.41, 5.74) is 3.69. The summed E-state index contributed by atoms with van der Waals surface area (Å²) in [4.78, 5) is 25.2. The molecule has 2 bridgehead atoms. The summed E-state index contributed by atoms with van der Waals surface area (Å²) in [7, 11) is 3.35. The summed E-state index contributed by atoms with van der Waals surface area (Å²) in [5.74, 6) is 0.552. The van der Waals surface area contributed by atoms with Gasteiger partial charge in [-0.25, -0.2) is 0 Å². The second-order valence-corrected chi connectivity index (χ2v) is 7.88. The first-order chi connectivity index (χ1) is 11.3. The molecule has 132 valence electrons. The summed E-state index contributed by atoms with van der Waals surface area (Å²) in [5, 5.41) is 0. The zero-order chi connectivity index (χ0) is 17.6. The molecular weight excluding hydrogens is 304 g/mol. The zero-order valence-electron chi connectivity index (χ0n) is 15.4. The van der Waals surface area contributed by atoms with Crippen molar-refractivity contribution in [2.45, 2.75) is 65.1 Å². The zero-order valence-corrected chi connectivity index (χ0v) is 15.4. The van der Waals surface area contributed by atoms with E-state index in [1.807, 2.05) is 6.92 Å². The summed E-state index contributed by atoms with van der Waals surface area (Å²) in [6, 6.07) is 0. The molecule has 0 radical (unpaired) electrons. The maximum Gasteiger partial charge on any atom is 0.158 e. The lowest BCUT2D eigenvalue weighted by Crippen LogP contribution is -2.48. The van der Waals surface area contributed by atoms with Gasteiger partial charge in [-0.3, -0.25) is 9.59 Å². The Kier molecular flexibility index (Phi) is 4.56. The van der Waals surface area contributed by atoms with Gasteiger partial charge in [0.05, 0.1) is 0 Å². The molecule has 3 aliphatic rings. The largest absolute Gasteiger partial charge is 0.374 e. The first kappa shape index (κ1) is 17.6. The van der Waals surface area contributed by atoms with Crippen LogP contribution in [0.5, 0.6) is 0 Å². The van der Waals surface area contributed by atoms with E-state index in [9.17, 15) is 9.59 Å². The van der Waals surface area contributed by atoms with Crippen molar-refractivity contribution < 1.29 is 19.1 Å². The number of rotatable bonds is 2. The molecule has 3 atom stereocenters. The summed E-state index contributed by atoms with van der Waals surface area (Å²) >= 11 is 0. The maximum atomic E-state index is 12.6. The molecule has 3 aliphatic carbocycles. The number of hydrogen-bond acceptors (Lipinski definition) is 4. The van der Waals surface area contributed by atoms with E-state index in [2.05, 4.69) is 13.8 Å². The molecule has 0 aromatic carbocycles. The lowest BCUT2D eigenvalue weighted by atomic mass is 9.58. The third-order valence-electron chi connectivity index (χ3n) is 6.40. The number of allylic oxidation sites excluding steroid dienone is 2. The van der Waals surface area contributed by atoms with Gasteiger partial charge in [0.2, 0.25) is 0 Å². The smallest absolute Gasteiger partial charge is 0.158 e. The first-order valence-electron chi connectivity index (χ1n) is 8.88. The monoisotopic (exact) mass is 332 g/mol. The van der Waals surface area contributed by atoms with Crippen LogP contribution in [0.3, 0.4) is 0 Å². The minimum Gasteiger partial charge on any atom is -0.374 e. The van der Waals surface area contributed by atoms with Crippen molar-refractivity contribution in [2.24, 2.45) is 11.3 Å². The van der Waals surface area contributed by atoms with Gasteiger partial charge in [0.1, 0.15) is 12.2 Å². The standard InChI is InChI=1S/C20H28O4/c1-11-16(22)10-12-9-14-13(7-6-8-15(14)21)18(23-4)19(24-5)17(11)20(12,2)3/h12,18-19H,6-10H2,1-5H3/t12-,18-,19-/m1/s1. The average molecular weight is 332 g/mol. The second-order valence-electron chi connectivity index (χ2n) is 7.88. The van der Waals surface area contributed by atoms with E-state index in [0.717, 1.165) is 35.1 Å². The van der Waals surface area contributed by atoms with Crippen LogP contribution in [0.25, 0.3) is 0 Å². The van der Waals surface area contributed by atoms with Crippen LogP contribution in [0, 0.1) is 11.3 Å². The van der Waals surface area contributed by atoms with E-state index < -0.39 is 0 Å². The van der Waals surface area contributed by atoms with Crippen LogP contribution >= 0.6 is 0 Å². The van der Waals surface area contributed by atoms with E-state index in [-0.39, 0.29) is 35.1 Å². The SMILES string of the molecule is CO[C@@H]1C2=C(C[C@@H]3CC(=O)C(C)=C([C@H]1OC)C3(C)C)C(=O)CCC2. The molecule has 0 amide bonds. The van der Waals surface area contributed by atoms with Crippen molar-refractivity contribution in [3.8, 4) is 0 Å². The number of Topliss-reactive ketones (excluding diaryl/α,β-unsaturated/α-hetero) is 2. The molecule has 0 fully saturated rings. The average Bonchev–Trinajstić information content (AvgIpc) is 2.53. The molecule has 0 spiro atoms. The summed E-state index contributed by atoms with van der Waals surface area (Å²) < 4.78 is 11.7. The molecule has 3 rings (SSSR count). The number of hydrogen-bond donors (Lipinski definition) is 0. The van der Waals surface area contributed by atoms with E-state index >= 15 is 0 Å². The van der Waals surface area contributed by atoms with Crippen LogP contribution in [-0.2, 0) is 19.1 Å². The van der Waals surface area contributed by atoms with Crippen molar-refractivity contribution in [3.05, 3.63) is 22.3 Å². The number of methoxy groups -OCH3 is 2. The predicted octanol–water partition coefficient (Wildman–Crippen LogP) is 3.40. The van der Waals surface area contributed by atoms with Gasteiger partial charge >= 0.3 is 0 Å². The van der Waals surface area contributed by atoms with Crippen molar-refractivity contribution in [1.29, 1.82) is 0 Å². The van der Waals surface area contributed by atoms with E-state index in [1.165, 1.54) is 0 Å². The molecule has 4 nitrogen and oxygen atoms in total. The van der Waals surface area contributed by atoms with Crippen LogP contribution < -0.4 is 0 Å². The minimum absolute atomic E-state index is 0.145. The van der Waals surface area contributed by atoms with Crippen LogP contribution in [0.1, 0.15) is 52.9 Å². The Bertz CT molecular complexity index is 638. The first-order valence-corrected chi connectivity index (χ1v) is 8.88. The molecule has 0 aromatic heterocycles. The maximum absolute atomic E-state index is 12.6. The van der Waals surface area contributed by atoms with Gasteiger partial charge in [-0.1, -0.05) is 13.8 Å². The Morgan fingerprint density at radius 1 is 0.958 bits per heavy atom. The predicted molar refractivity (Wildman–Crippen MR) is 91.7 cm³/mol. The number of ketones is 2. The molecule has 0 heterocycles. The van der Waals surface area contributed by atoms with Gasteiger partial charge in [0, 0.05) is 27.1 Å². The lowest BCUT2D eigenvalue weighted by Gasteiger charge is -2.48. The molecular formula is C20H28O4. The fraction of sp³-hybridized carbons (Fsp3) is 0.700. The van der Waals surface area contributed by atoms with Crippen molar-refractivity contribution >= 4 is 11.6 Å². The highest BCUT2D eigenvalue weighted by molar-refractivity contribution is 5.99. The quantitative estimate of drug-likeness (QED) is 0.778. The molecule has 0 saturated carbocycles. The molecule has 0 aliphatic heterocycles. The fourth-order valence-corrected chi connectivity index (χ4v) is 4.96. The van der Waals surface area contributed by atoms with Gasteiger partial charge in [-0.15, -0.1) is 0 Å².